The third kappa shape index (κ3) is 4.27. The number of aryl methyl sites for hydroxylation is 1. The fourth-order valence-electron chi connectivity index (χ4n) is 3.68. The summed E-state index contributed by atoms with van der Waals surface area (Å²) in [6.07, 6.45) is 2.60. The van der Waals surface area contributed by atoms with Crippen molar-refractivity contribution >= 4 is 15.7 Å². The molecule has 2 atom stereocenters. The lowest BCUT2D eigenvalue weighted by atomic mass is 10.0. The van der Waals surface area contributed by atoms with Crippen LogP contribution in [0.25, 0.3) is 0 Å². The van der Waals surface area contributed by atoms with Gasteiger partial charge in [-0.3, -0.25) is 14.5 Å². The molecule has 2 aliphatic heterocycles. The molecule has 2 saturated heterocycles. The number of fused-ring (bicyclic) bond motifs is 1. The van der Waals surface area contributed by atoms with Gasteiger partial charge in [0.25, 0.3) is 5.56 Å². The van der Waals surface area contributed by atoms with Crippen LogP contribution in [-0.4, -0.2) is 72.5 Å². The minimum atomic E-state index is -3.15. The number of rotatable bonds is 5. The molecule has 3 heterocycles. The molecule has 1 amide bonds. The Bertz CT molecular complexity index is 850. The number of H-pyrrole nitrogens is 1. The molecule has 1 N–H and O–H groups in total. The Labute approximate surface area is 152 Å². The molecule has 8 nitrogen and oxygen atoms in total. The zero-order valence-electron chi connectivity index (χ0n) is 15.1. The van der Waals surface area contributed by atoms with Crippen LogP contribution in [0.15, 0.2) is 27.0 Å². The maximum Gasteiger partial charge on any atom is 0.280 e. The second-order valence-corrected chi connectivity index (χ2v) is 9.41. The van der Waals surface area contributed by atoms with E-state index in [1.165, 1.54) is 11.6 Å². The number of piperazine rings is 1. The van der Waals surface area contributed by atoms with Gasteiger partial charge in [0, 0.05) is 44.6 Å². The van der Waals surface area contributed by atoms with Gasteiger partial charge in [0.05, 0.1) is 17.5 Å². The summed E-state index contributed by atoms with van der Waals surface area (Å²) in [5, 5.41) is 2.20. The van der Waals surface area contributed by atoms with Crippen molar-refractivity contribution in [2.24, 2.45) is 0 Å². The highest BCUT2D eigenvalue weighted by molar-refractivity contribution is 7.91. The number of nitrogens with zero attached hydrogens (tertiary/aromatic N) is 2. The quantitative estimate of drug-likeness (QED) is 0.728. The summed E-state index contributed by atoms with van der Waals surface area (Å²) >= 11 is 0. The SMILES string of the molecule is CC(C)=CCN1CCN(C(=O)CCc2cc(=O)[nH]o2)[C@H]2CS(=O)(=O)C[C@H]21. The summed E-state index contributed by atoms with van der Waals surface area (Å²) < 4.78 is 29.4. The summed E-state index contributed by atoms with van der Waals surface area (Å²) in [6, 6.07) is 0.872. The van der Waals surface area contributed by atoms with E-state index in [9.17, 15) is 18.0 Å². The first-order valence-corrected chi connectivity index (χ1v) is 10.6. The Morgan fingerprint density at radius 1 is 1.31 bits per heavy atom. The molecule has 0 unspecified atom stereocenters. The lowest BCUT2D eigenvalue weighted by molar-refractivity contribution is -0.136. The van der Waals surface area contributed by atoms with E-state index in [-0.39, 0.29) is 41.5 Å². The van der Waals surface area contributed by atoms with Gasteiger partial charge in [0.15, 0.2) is 9.84 Å². The lowest BCUT2D eigenvalue weighted by Gasteiger charge is -2.43. The topological polar surface area (TPSA) is 104 Å². The van der Waals surface area contributed by atoms with Crippen LogP contribution in [0, 0.1) is 0 Å². The zero-order chi connectivity index (χ0) is 18.9. The largest absolute Gasteiger partial charge is 0.384 e. The molecular weight excluding hydrogens is 358 g/mol. The van der Waals surface area contributed by atoms with Gasteiger partial charge in [0.2, 0.25) is 5.91 Å². The van der Waals surface area contributed by atoms with Gasteiger partial charge in [-0.25, -0.2) is 8.42 Å². The monoisotopic (exact) mass is 383 g/mol. The molecule has 1 aromatic rings. The molecule has 0 saturated carbocycles. The highest BCUT2D eigenvalue weighted by Crippen LogP contribution is 2.27. The van der Waals surface area contributed by atoms with Crippen LogP contribution in [0.5, 0.6) is 0 Å². The van der Waals surface area contributed by atoms with Gasteiger partial charge >= 0.3 is 0 Å². The molecule has 26 heavy (non-hydrogen) atoms. The van der Waals surface area contributed by atoms with E-state index >= 15 is 0 Å². The first kappa shape index (κ1) is 18.9. The van der Waals surface area contributed by atoms with Crippen LogP contribution < -0.4 is 5.56 Å². The normalized spacial score (nSPS) is 25.1. The second-order valence-electron chi connectivity index (χ2n) is 7.25. The molecule has 2 fully saturated rings. The first-order chi connectivity index (χ1) is 12.2. The van der Waals surface area contributed by atoms with Crippen molar-refractivity contribution in [1.82, 2.24) is 15.0 Å². The van der Waals surface area contributed by atoms with Crippen molar-refractivity contribution in [3.8, 4) is 0 Å². The number of nitrogens with one attached hydrogen (secondary N) is 1. The number of amides is 1. The average Bonchev–Trinajstić information content (AvgIpc) is 3.11. The maximum atomic E-state index is 12.7. The fourth-order valence-corrected chi connectivity index (χ4v) is 5.69. The molecule has 0 spiro atoms. The van der Waals surface area contributed by atoms with Crippen LogP contribution in [0.3, 0.4) is 0 Å². The summed E-state index contributed by atoms with van der Waals surface area (Å²) in [5.41, 5.74) is 0.858. The number of sulfone groups is 1. The average molecular weight is 383 g/mol. The predicted molar refractivity (Wildman–Crippen MR) is 96.6 cm³/mol. The zero-order valence-corrected chi connectivity index (χ0v) is 15.9. The molecule has 0 bridgehead atoms. The molecule has 0 aromatic carbocycles. The van der Waals surface area contributed by atoms with E-state index in [0.717, 1.165) is 0 Å². The van der Waals surface area contributed by atoms with Gasteiger partial charge in [-0.05, 0) is 13.8 Å². The minimum absolute atomic E-state index is 0.0218. The first-order valence-electron chi connectivity index (χ1n) is 8.80. The number of allylic oxidation sites excluding steroid dienone is 1. The van der Waals surface area contributed by atoms with Crippen molar-refractivity contribution in [2.75, 3.05) is 31.1 Å². The molecule has 0 radical (unpaired) electrons. The number of hydrogen-bond donors (Lipinski definition) is 1. The number of aromatic amines is 1. The van der Waals surface area contributed by atoms with Crippen LogP contribution in [0.4, 0.5) is 0 Å². The van der Waals surface area contributed by atoms with Crippen molar-refractivity contribution < 1.29 is 17.7 Å². The van der Waals surface area contributed by atoms with Crippen LogP contribution >= 0.6 is 0 Å². The lowest BCUT2D eigenvalue weighted by Crippen LogP contribution is -2.60. The maximum absolute atomic E-state index is 12.7. The summed E-state index contributed by atoms with van der Waals surface area (Å²) in [4.78, 5) is 27.6. The molecule has 9 heteroatoms. The third-order valence-electron chi connectivity index (χ3n) is 5.01. The fraction of sp³-hybridized carbons (Fsp3) is 0.647. The molecule has 144 valence electrons. The Balaban J connectivity index is 1.69. The number of aromatic nitrogens is 1. The number of carbonyl (C=O) groups excluding carboxylic acids is 1. The second kappa shape index (κ2) is 7.40. The Morgan fingerprint density at radius 2 is 2.04 bits per heavy atom. The van der Waals surface area contributed by atoms with Crippen molar-refractivity contribution in [3.63, 3.8) is 0 Å². The van der Waals surface area contributed by atoms with Crippen LogP contribution in [0.1, 0.15) is 26.0 Å². The van der Waals surface area contributed by atoms with Crippen LogP contribution in [0.2, 0.25) is 0 Å². The Hall–Kier alpha value is -1.87. The van der Waals surface area contributed by atoms with Gasteiger partial charge < -0.3 is 9.42 Å². The van der Waals surface area contributed by atoms with E-state index in [2.05, 4.69) is 16.1 Å². The molecule has 0 aliphatic carbocycles. The summed E-state index contributed by atoms with van der Waals surface area (Å²) in [6.45, 7) is 5.91. The van der Waals surface area contributed by atoms with Crippen molar-refractivity contribution in [3.05, 3.63) is 33.8 Å². The highest BCUT2D eigenvalue weighted by atomic mass is 32.2. The summed E-state index contributed by atoms with van der Waals surface area (Å²) in [7, 11) is -3.15. The Kier molecular flexibility index (Phi) is 5.38. The minimum Gasteiger partial charge on any atom is -0.384 e. The standard InChI is InChI=1S/C17H25N3O5S/c1-12(2)5-6-19-7-8-20(15-11-26(23,24)10-14(15)19)17(22)4-3-13-9-16(21)18-25-13/h5,9,14-15H,3-4,6-8,10-11H2,1-2H3,(H,18,21)/t14-,15+/m1/s1. The van der Waals surface area contributed by atoms with E-state index in [1.807, 2.05) is 13.8 Å². The third-order valence-corrected chi connectivity index (χ3v) is 6.70. The van der Waals surface area contributed by atoms with E-state index < -0.39 is 9.84 Å². The highest BCUT2D eigenvalue weighted by Gasteiger charge is 2.47. The number of hydrogen-bond acceptors (Lipinski definition) is 6. The van der Waals surface area contributed by atoms with Crippen LogP contribution in [-0.2, 0) is 21.1 Å². The molecule has 2 aliphatic rings. The van der Waals surface area contributed by atoms with E-state index in [1.54, 1.807) is 4.90 Å². The van der Waals surface area contributed by atoms with E-state index in [4.69, 9.17) is 4.52 Å². The van der Waals surface area contributed by atoms with Gasteiger partial charge in [-0.2, -0.15) is 5.16 Å². The van der Waals surface area contributed by atoms with Gasteiger partial charge in [-0.15, -0.1) is 0 Å². The van der Waals surface area contributed by atoms with Crippen molar-refractivity contribution in [2.45, 2.75) is 38.8 Å². The smallest absolute Gasteiger partial charge is 0.280 e. The summed E-state index contributed by atoms with van der Waals surface area (Å²) in [5.74, 6) is 0.461. The molecular formula is C17H25N3O5S. The number of carbonyl (C=O) groups is 1. The van der Waals surface area contributed by atoms with E-state index in [0.29, 0.717) is 31.8 Å². The van der Waals surface area contributed by atoms with Gasteiger partial charge in [0.1, 0.15) is 5.76 Å². The van der Waals surface area contributed by atoms with Gasteiger partial charge in [-0.1, -0.05) is 11.6 Å². The predicted octanol–water partition coefficient (Wildman–Crippen LogP) is 0.177. The van der Waals surface area contributed by atoms with Crippen molar-refractivity contribution in [1.29, 1.82) is 0 Å². The molecule has 1 aromatic heterocycles. The Morgan fingerprint density at radius 3 is 2.69 bits per heavy atom. The molecule has 3 rings (SSSR count).